The molecule has 0 amide bonds. The monoisotopic (exact) mass is 482 g/mol. The Morgan fingerprint density at radius 1 is 0.368 bits per heavy atom. The zero-order valence-corrected chi connectivity index (χ0v) is 21.3. The smallest absolute Gasteiger partial charge is 0.0622 e. The maximum atomic E-state index is 2.46. The van der Waals surface area contributed by atoms with Gasteiger partial charge in [-0.1, -0.05) is 127 Å². The van der Waals surface area contributed by atoms with Crippen molar-refractivity contribution in [2.45, 2.75) is 12.3 Å². The fraction of sp³-hybridized carbons (Fsp3) is 0.0526. The molecule has 0 heteroatoms. The largest absolute Gasteiger partial charge is 0.0726 e. The van der Waals surface area contributed by atoms with Gasteiger partial charge in [-0.05, 0) is 91.4 Å². The Hall–Kier alpha value is -4.68. The third-order valence-corrected chi connectivity index (χ3v) is 8.63. The minimum Gasteiger partial charge on any atom is -0.0622 e. The van der Waals surface area contributed by atoms with Gasteiger partial charge in [0.15, 0.2) is 0 Å². The van der Waals surface area contributed by atoms with Crippen molar-refractivity contribution < 1.29 is 0 Å². The van der Waals surface area contributed by atoms with Gasteiger partial charge >= 0.3 is 0 Å². The predicted octanol–water partition coefficient (Wildman–Crippen LogP) is 9.67. The molecule has 0 saturated carbocycles. The molecule has 0 nitrogen and oxygen atoms in total. The Balaban J connectivity index is 1.51. The lowest BCUT2D eigenvalue weighted by molar-refractivity contribution is 0.794. The summed E-state index contributed by atoms with van der Waals surface area (Å²) in [4.78, 5) is 0. The van der Waals surface area contributed by atoms with Gasteiger partial charge in [-0.3, -0.25) is 0 Å². The van der Waals surface area contributed by atoms with Crippen LogP contribution in [0.3, 0.4) is 0 Å². The van der Waals surface area contributed by atoms with Crippen molar-refractivity contribution in [3.8, 4) is 44.5 Å². The summed E-state index contributed by atoms with van der Waals surface area (Å²) in [7, 11) is 0. The van der Waals surface area contributed by atoms with Crippen molar-refractivity contribution in [2.24, 2.45) is 0 Å². The Morgan fingerprint density at radius 3 is 1.50 bits per heavy atom. The van der Waals surface area contributed by atoms with Gasteiger partial charge in [-0.25, -0.2) is 0 Å². The van der Waals surface area contributed by atoms with Crippen LogP contribution in [0.2, 0.25) is 0 Å². The molecule has 0 aliphatic heterocycles. The molecule has 0 bridgehead atoms. The van der Waals surface area contributed by atoms with E-state index >= 15 is 0 Å². The summed E-state index contributed by atoms with van der Waals surface area (Å²) in [5.41, 5.74) is 17.0. The van der Waals surface area contributed by atoms with E-state index in [9.17, 15) is 0 Å². The number of fused-ring (bicyclic) bond motifs is 10. The standard InChI is InChI=1S/C38H26/c1-25-11-10-18-34-37(25)32-16-8-9-17-33(32)38(34)35-23-28(26-12-4-2-5-13-26)19-21-30(35)31-22-20-29(24-36(31)38)27-14-6-3-7-15-27/h2-24H,1H3. The van der Waals surface area contributed by atoms with Crippen LogP contribution in [0.5, 0.6) is 0 Å². The molecule has 0 N–H and O–H groups in total. The van der Waals surface area contributed by atoms with E-state index in [0.29, 0.717) is 0 Å². The Kier molecular flexibility index (Phi) is 4.46. The summed E-state index contributed by atoms with van der Waals surface area (Å²) in [6, 6.07) is 51.7. The molecule has 0 unspecified atom stereocenters. The van der Waals surface area contributed by atoms with Crippen molar-refractivity contribution >= 4 is 0 Å². The number of hydrogen-bond donors (Lipinski definition) is 0. The molecule has 0 fully saturated rings. The second kappa shape index (κ2) is 7.91. The molecule has 2 aliphatic carbocycles. The highest BCUT2D eigenvalue weighted by Crippen LogP contribution is 2.63. The molecular formula is C38H26. The lowest BCUT2D eigenvalue weighted by Gasteiger charge is -2.31. The lowest BCUT2D eigenvalue weighted by Crippen LogP contribution is -2.26. The molecule has 2 aliphatic rings. The van der Waals surface area contributed by atoms with Crippen molar-refractivity contribution in [1.82, 2.24) is 0 Å². The van der Waals surface area contributed by atoms with Crippen LogP contribution in [0.25, 0.3) is 44.5 Å². The van der Waals surface area contributed by atoms with E-state index in [1.165, 1.54) is 72.3 Å². The van der Waals surface area contributed by atoms with Gasteiger partial charge in [0.25, 0.3) is 0 Å². The highest BCUT2D eigenvalue weighted by molar-refractivity contribution is 5.97. The third-order valence-electron chi connectivity index (χ3n) is 8.63. The van der Waals surface area contributed by atoms with Crippen molar-refractivity contribution in [2.75, 3.05) is 0 Å². The van der Waals surface area contributed by atoms with Crippen LogP contribution in [-0.2, 0) is 5.41 Å². The molecule has 38 heavy (non-hydrogen) atoms. The summed E-state index contributed by atoms with van der Waals surface area (Å²) >= 11 is 0. The average Bonchev–Trinajstić information content (AvgIpc) is 3.45. The van der Waals surface area contributed by atoms with E-state index in [2.05, 4.69) is 146 Å². The maximum Gasteiger partial charge on any atom is 0.0726 e. The van der Waals surface area contributed by atoms with Gasteiger partial charge in [0.1, 0.15) is 0 Å². The first kappa shape index (κ1) is 21.4. The van der Waals surface area contributed by atoms with Gasteiger partial charge in [-0.15, -0.1) is 0 Å². The molecule has 6 aromatic rings. The fourth-order valence-electron chi connectivity index (χ4n) is 7.04. The van der Waals surface area contributed by atoms with Gasteiger partial charge < -0.3 is 0 Å². The molecule has 8 rings (SSSR count). The van der Waals surface area contributed by atoms with Crippen LogP contribution < -0.4 is 0 Å². The summed E-state index contributed by atoms with van der Waals surface area (Å²) in [6.45, 7) is 2.26. The van der Waals surface area contributed by atoms with Crippen LogP contribution in [-0.4, -0.2) is 0 Å². The summed E-state index contributed by atoms with van der Waals surface area (Å²) in [5.74, 6) is 0. The van der Waals surface area contributed by atoms with Crippen molar-refractivity contribution in [3.63, 3.8) is 0 Å². The summed E-state index contributed by atoms with van der Waals surface area (Å²) in [5, 5.41) is 0. The minimum absolute atomic E-state index is 0.349. The summed E-state index contributed by atoms with van der Waals surface area (Å²) in [6.07, 6.45) is 0. The first-order valence-electron chi connectivity index (χ1n) is 13.4. The van der Waals surface area contributed by atoms with Crippen LogP contribution in [0.1, 0.15) is 27.8 Å². The quantitative estimate of drug-likeness (QED) is 0.230. The Bertz CT molecular complexity index is 1770. The normalized spacial score (nSPS) is 13.6. The van der Waals surface area contributed by atoms with E-state index in [4.69, 9.17) is 0 Å². The third kappa shape index (κ3) is 2.75. The van der Waals surface area contributed by atoms with Gasteiger partial charge in [0.2, 0.25) is 0 Å². The molecule has 0 heterocycles. The van der Waals surface area contributed by atoms with Crippen molar-refractivity contribution in [3.05, 3.63) is 167 Å². The van der Waals surface area contributed by atoms with Gasteiger partial charge in [0.05, 0.1) is 5.41 Å². The molecule has 0 radical (unpaired) electrons. The van der Waals surface area contributed by atoms with Crippen LogP contribution in [0.15, 0.2) is 140 Å². The predicted molar refractivity (Wildman–Crippen MR) is 158 cm³/mol. The highest BCUT2D eigenvalue weighted by Gasteiger charge is 2.52. The molecule has 0 aromatic heterocycles. The van der Waals surface area contributed by atoms with Crippen molar-refractivity contribution in [1.29, 1.82) is 0 Å². The lowest BCUT2D eigenvalue weighted by atomic mass is 9.70. The van der Waals surface area contributed by atoms with Gasteiger partial charge in [-0.2, -0.15) is 0 Å². The van der Waals surface area contributed by atoms with E-state index in [1.54, 1.807) is 0 Å². The summed E-state index contributed by atoms with van der Waals surface area (Å²) < 4.78 is 0. The topological polar surface area (TPSA) is 0 Å². The molecule has 178 valence electrons. The Morgan fingerprint density at radius 2 is 0.895 bits per heavy atom. The number of aryl methyl sites for hydroxylation is 1. The number of benzene rings is 6. The number of hydrogen-bond acceptors (Lipinski definition) is 0. The van der Waals surface area contributed by atoms with Gasteiger partial charge in [0, 0.05) is 0 Å². The zero-order chi connectivity index (χ0) is 25.3. The first-order chi connectivity index (χ1) is 18.8. The Labute approximate surface area is 223 Å². The van der Waals surface area contributed by atoms with E-state index in [0.717, 1.165) is 0 Å². The minimum atomic E-state index is -0.349. The van der Waals surface area contributed by atoms with Crippen LogP contribution in [0.4, 0.5) is 0 Å². The number of rotatable bonds is 2. The molecule has 0 saturated heterocycles. The maximum absolute atomic E-state index is 2.46. The van der Waals surface area contributed by atoms with E-state index < -0.39 is 0 Å². The fourth-order valence-corrected chi connectivity index (χ4v) is 7.04. The highest BCUT2D eigenvalue weighted by atomic mass is 14.5. The molecular weight excluding hydrogens is 456 g/mol. The average molecular weight is 483 g/mol. The van der Waals surface area contributed by atoms with Crippen LogP contribution in [0, 0.1) is 6.92 Å². The molecule has 0 atom stereocenters. The molecule has 6 aromatic carbocycles. The SMILES string of the molecule is Cc1cccc2c1-c1ccccc1C21c2cc(-c3ccccc3)ccc2-c2ccc(-c3ccccc3)cc21. The van der Waals surface area contributed by atoms with E-state index in [1.807, 2.05) is 0 Å². The second-order valence-electron chi connectivity index (χ2n) is 10.5. The molecule has 1 spiro atoms. The van der Waals surface area contributed by atoms with Crippen LogP contribution >= 0.6 is 0 Å². The van der Waals surface area contributed by atoms with E-state index in [-0.39, 0.29) is 5.41 Å². The first-order valence-corrected chi connectivity index (χ1v) is 13.4. The second-order valence-corrected chi connectivity index (χ2v) is 10.5. The zero-order valence-electron chi connectivity index (χ0n) is 21.3.